The lowest BCUT2D eigenvalue weighted by atomic mass is 9.94. The van der Waals surface area contributed by atoms with Crippen molar-refractivity contribution in [2.24, 2.45) is 0 Å². The Hall–Kier alpha value is -0.810. The summed E-state index contributed by atoms with van der Waals surface area (Å²) in [5.74, 6) is 2.00. The Bertz CT molecular complexity index is 316. The van der Waals surface area contributed by atoms with Crippen LogP contribution in [0.5, 0.6) is 5.75 Å². The van der Waals surface area contributed by atoms with Crippen LogP contribution in [0.2, 0.25) is 0 Å². The van der Waals surface area contributed by atoms with Gasteiger partial charge in [-0.3, -0.25) is 0 Å². The maximum absolute atomic E-state index is 5.65. The molecule has 0 saturated carbocycles. The summed E-state index contributed by atoms with van der Waals surface area (Å²) >= 11 is 0. The molecule has 0 atom stereocenters. The van der Waals surface area contributed by atoms with Crippen LogP contribution in [0.1, 0.15) is 50.7 Å². The second kappa shape index (κ2) is 5.32. The normalized spacial score (nSPS) is 11.3. The summed E-state index contributed by atoms with van der Waals surface area (Å²) in [4.78, 5) is 0. The van der Waals surface area contributed by atoms with E-state index in [-0.39, 0.29) is 0 Å². The summed E-state index contributed by atoms with van der Waals surface area (Å²) in [5.41, 5.74) is 2.55. The predicted molar refractivity (Wildman–Crippen MR) is 69.3 cm³/mol. The zero-order valence-electron chi connectivity index (χ0n) is 9.95. The van der Waals surface area contributed by atoms with Crippen molar-refractivity contribution in [2.75, 3.05) is 0 Å². The molecule has 1 aromatic rings. The first-order valence-corrected chi connectivity index (χ1v) is 6.33. The molecule has 0 amide bonds. The van der Waals surface area contributed by atoms with Gasteiger partial charge in [0.2, 0.25) is 0 Å². The van der Waals surface area contributed by atoms with Gasteiger partial charge < -0.3 is 4.52 Å². The van der Waals surface area contributed by atoms with E-state index in [2.05, 4.69) is 52.2 Å². The topological polar surface area (TPSA) is 9.23 Å². The standard InChI is InChI=1S/C13H19OP/c1-9(2)11-7-6-8-12(10(3)4)13(11)14-15-5/h6-10H,5H2,1-4H3. The second-order valence-corrected chi connectivity index (χ2v) is 4.74. The van der Waals surface area contributed by atoms with Crippen molar-refractivity contribution >= 4 is 14.7 Å². The Morgan fingerprint density at radius 3 is 1.87 bits per heavy atom. The molecule has 0 aliphatic carbocycles. The summed E-state index contributed by atoms with van der Waals surface area (Å²) < 4.78 is 5.65. The number of hydrogen-bond donors (Lipinski definition) is 0. The third-order valence-electron chi connectivity index (χ3n) is 2.48. The van der Waals surface area contributed by atoms with Gasteiger partial charge in [0.25, 0.3) is 0 Å². The monoisotopic (exact) mass is 222 g/mol. The summed E-state index contributed by atoms with van der Waals surface area (Å²) in [6.45, 7) is 8.75. The Labute approximate surface area is 94.4 Å². The molecule has 1 rings (SSSR count). The van der Waals surface area contributed by atoms with Crippen LogP contribution >= 0.6 is 8.43 Å². The molecule has 2 heteroatoms. The van der Waals surface area contributed by atoms with Gasteiger partial charge in [-0.15, -0.1) is 0 Å². The summed E-state index contributed by atoms with van der Waals surface area (Å²) in [7, 11) is 0.716. The molecule has 1 nitrogen and oxygen atoms in total. The first kappa shape index (κ1) is 12.3. The van der Waals surface area contributed by atoms with E-state index in [0.29, 0.717) is 20.3 Å². The largest absolute Gasteiger partial charge is 0.439 e. The van der Waals surface area contributed by atoms with Gasteiger partial charge in [-0.1, -0.05) is 45.9 Å². The molecule has 0 heterocycles. The summed E-state index contributed by atoms with van der Waals surface area (Å²) in [6, 6.07) is 6.38. The fourth-order valence-electron chi connectivity index (χ4n) is 1.65. The van der Waals surface area contributed by atoms with Crippen molar-refractivity contribution in [1.82, 2.24) is 0 Å². The van der Waals surface area contributed by atoms with Crippen LogP contribution in [0.4, 0.5) is 0 Å². The summed E-state index contributed by atoms with van der Waals surface area (Å²) in [5, 5.41) is 0. The average Bonchev–Trinajstić information content (AvgIpc) is 2.17. The van der Waals surface area contributed by atoms with Gasteiger partial charge >= 0.3 is 0 Å². The minimum atomic E-state index is 0.487. The molecule has 0 saturated heterocycles. The van der Waals surface area contributed by atoms with Gasteiger partial charge in [0.15, 0.2) is 0 Å². The predicted octanol–water partition coefficient (Wildman–Crippen LogP) is 4.61. The van der Waals surface area contributed by atoms with Gasteiger partial charge in [-0.2, -0.15) is 0 Å². The van der Waals surface area contributed by atoms with Gasteiger partial charge in [0, 0.05) is 0 Å². The van der Waals surface area contributed by atoms with E-state index in [0.717, 1.165) is 5.75 Å². The van der Waals surface area contributed by atoms with Crippen LogP contribution in [0.3, 0.4) is 0 Å². The highest BCUT2D eigenvalue weighted by atomic mass is 31.1. The molecule has 15 heavy (non-hydrogen) atoms. The van der Waals surface area contributed by atoms with Gasteiger partial charge in [0.1, 0.15) is 14.2 Å². The lowest BCUT2D eigenvalue weighted by Crippen LogP contribution is -1.97. The minimum Gasteiger partial charge on any atom is -0.439 e. The Morgan fingerprint density at radius 1 is 1.07 bits per heavy atom. The molecule has 0 aromatic heterocycles. The maximum Gasteiger partial charge on any atom is 0.138 e. The molecule has 0 N–H and O–H groups in total. The van der Waals surface area contributed by atoms with Crippen LogP contribution in [-0.4, -0.2) is 6.30 Å². The van der Waals surface area contributed by atoms with E-state index in [9.17, 15) is 0 Å². The van der Waals surface area contributed by atoms with Crippen LogP contribution in [0.15, 0.2) is 18.2 Å². The van der Waals surface area contributed by atoms with Crippen molar-refractivity contribution in [2.45, 2.75) is 39.5 Å². The van der Waals surface area contributed by atoms with E-state index in [1.54, 1.807) is 0 Å². The smallest absolute Gasteiger partial charge is 0.138 e. The van der Waals surface area contributed by atoms with Gasteiger partial charge in [0.05, 0.1) is 0 Å². The molecule has 0 radical (unpaired) electrons. The highest BCUT2D eigenvalue weighted by Crippen LogP contribution is 2.35. The molecule has 0 aliphatic heterocycles. The van der Waals surface area contributed by atoms with E-state index in [4.69, 9.17) is 4.52 Å². The van der Waals surface area contributed by atoms with Crippen molar-refractivity contribution < 1.29 is 4.52 Å². The lowest BCUT2D eigenvalue weighted by Gasteiger charge is -2.17. The third kappa shape index (κ3) is 2.82. The highest BCUT2D eigenvalue weighted by Gasteiger charge is 2.14. The number of benzene rings is 1. The molecule has 82 valence electrons. The fraction of sp³-hybridized carbons (Fsp3) is 0.462. The summed E-state index contributed by atoms with van der Waals surface area (Å²) in [6.07, 6.45) is 3.73. The van der Waals surface area contributed by atoms with Crippen molar-refractivity contribution in [3.05, 3.63) is 29.3 Å². The van der Waals surface area contributed by atoms with Crippen LogP contribution in [0, 0.1) is 0 Å². The molecule has 0 unspecified atom stereocenters. The van der Waals surface area contributed by atoms with Gasteiger partial charge in [-0.25, -0.2) is 0 Å². The molecule has 0 aliphatic rings. The molecule has 0 spiro atoms. The molecular formula is C13H19OP. The first-order chi connectivity index (χ1) is 7.07. The SMILES string of the molecule is C=POc1c(C(C)C)cccc1C(C)C. The molecule has 0 bridgehead atoms. The van der Waals surface area contributed by atoms with Crippen LogP contribution < -0.4 is 4.52 Å². The number of rotatable bonds is 4. The highest BCUT2D eigenvalue weighted by molar-refractivity contribution is 7.31. The van der Waals surface area contributed by atoms with Crippen molar-refractivity contribution in [3.8, 4) is 5.75 Å². The van der Waals surface area contributed by atoms with E-state index in [1.165, 1.54) is 11.1 Å². The molecular weight excluding hydrogens is 203 g/mol. The Kier molecular flexibility index (Phi) is 4.35. The average molecular weight is 222 g/mol. The van der Waals surface area contributed by atoms with Crippen LogP contribution in [0.25, 0.3) is 0 Å². The molecule has 1 aromatic carbocycles. The van der Waals surface area contributed by atoms with Gasteiger partial charge in [-0.05, 0) is 29.3 Å². The fourth-order valence-corrected chi connectivity index (χ4v) is 1.99. The number of hydrogen-bond acceptors (Lipinski definition) is 1. The Morgan fingerprint density at radius 2 is 1.53 bits per heavy atom. The quantitative estimate of drug-likeness (QED) is 0.676. The second-order valence-electron chi connectivity index (χ2n) is 4.30. The third-order valence-corrected chi connectivity index (χ3v) is 2.79. The van der Waals surface area contributed by atoms with Crippen molar-refractivity contribution in [1.29, 1.82) is 0 Å². The van der Waals surface area contributed by atoms with E-state index in [1.807, 2.05) is 0 Å². The zero-order chi connectivity index (χ0) is 11.4. The lowest BCUT2D eigenvalue weighted by molar-refractivity contribution is 0.602. The van der Waals surface area contributed by atoms with Crippen molar-refractivity contribution in [3.63, 3.8) is 0 Å². The first-order valence-electron chi connectivity index (χ1n) is 5.33. The van der Waals surface area contributed by atoms with E-state index >= 15 is 0 Å². The van der Waals surface area contributed by atoms with Crippen LogP contribution in [-0.2, 0) is 0 Å². The maximum atomic E-state index is 5.65. The van der Waals surface area contributed by atoms with E-state index < -0.39 is 0 Å². The number of para-hydroxylation sites is 1. The molecule has 0 fully saturated rings. The Balaban J connectivity index is 3.27. The minimum absolute atomic E-state index is 0.487. The zero-order valence-corrected chi connectivity index (χ0v) is 10.8.